The second-order valence-electron chi connectivity index (χ2n) is 3.32. The van der Waals surface area contributed by atoms with Crippen LogP contribution in [0, 0.1) is 0 Å². The Balaban J connectivity index is 0.00000128. The van der Waals surface area contributed by atoms with Crippen molar-refractivity contribution < 1.29 is 4.79 Å². The number of carbonyl (C=O) groups is 1. The van der Waals surface area contributed by atoms with Gasteiger partial charge in [-0.15, -0.1) is 0 Å². The lowest BCUT2D eigenvalue weighted by Crippen LogP contribution is -2.00. The molecule has 0 saturated heterocycles. The molecule has 3 heteroatoms. The summed E-state index contributed by atoms with van der Waals surface area (Å²) in [7, 11) is 0. The van der Waals surface area contributed by atoms with Gasteiger partial charge in [0.2, 0.25) is 0 Å². The molecule has 0 heterocycles. The first-order valence-corrected chi connectivity index (χ1v) is 4.72. The Morgan fingerprint density at radius 2 is 1.31 bits per heavy atom. The Bertz CT molecular complexity index is 463. The van der Waals surface area contributed by atoms with Crippen molar-refractivity contribution in [3.05, 3.63) is 65.7 Å². The number of nitrogen functional groups attached to an aromatic ring is 1. The molecule has 16 heavy (non-hydrogen) atoms. The molecule has 0 radical (unpaired) electrons. The highest BCUT2D eigenvalue weighted by Crippen LogP contribution is 2.11. The maximum absolute atomic E-state index is 11.9. The van der Waals surface area contributed by atoms with Crippen molar-refractivity contribution in [3.8, 4) is 0 Å². The van der Waals surface area contributed by atoms with Crippen molar-refractivity contribution in [2.45, 2.75) is 0 Å². The van der Waals surface area contributed by atoms with Gasteiger partial charge in [-0.1, -0.05) is 30.3 Å². The Kier molecular flexibility index (Phi) is 3.80. The number of anilines is 1. The quantitative estimate of drug-likeness (QED) is 0.596. The standard InChI is InChI=1S/C13H11NO.H3N/c14-12-8-6-11(7-9-12)13(15)10-4-2-1-3-5-10;/h1-9H,14H2;1H3. The van der Waals surface area contributed by atoms with Crippen molar-refractivity contribution in [2.75, 3.05) is 5.73 Å². The molecule has 0 unspecified atom stereocenters. The molecule has 0 spiro atoms. The lowest BCUT2D eigenvalue weighted by Gasteiger charge is -2.00. The third-order valence-corrected chi connectivity index (χ3v) is 2.21. The maximum atomic E-state index is 11.9. The average molecular weight is 214 g/mol. The number of carbonyl (C=O) groups excluding carboxylic acids is 1. The number of rotatable bonds is 2. The van der Waals surface area contributed by atoms with E-state index < -0.39 is 0 Å². The topological polar surface area (TPSA) is 78.1 Å². The van der Waals surface area contributed by atoms with E-state index in [1.54, 1.807) is 36.4 Å². The van der Waals surface area contributed by atoms with Gasteiger partial charge in [-0.2, -0.15) is 0 Å². The number of benzene rings is 2. The molecule has 0 atom stereocenters. The van der Waals surface area contributed by atoms with E-state index >= 15 is 0 Å². The first kappa shape index (κ1) is 11.9. The maximum Gasteiger partial charge on any atom is 0.193 e. The van der Waals surface area contributed by atoms with Gasteiger partial charge in [0.05, 0.1) is 0 Å². The minimum absolute atomic E-state index is 0. The van der Waals surface area contributed by atoms with Crippen LogP contribution in [0.25, 0.3) is 0 Å². The van der Waals surface area contributed by atoms with E-state index in [2.05, 4.69) is 0 Å². The molecule has 0 aliphatic rings. The van der Waals surface area contributed by atoms with Gasteiger partial charge in [-0.05, 0) is 24.3 Å². The largest absolute Gasteiger partial charge is 0.399 e. The molecule has 2 aromatic carbocycles. The van der Waals surface area contributed by atoms with E-state index in [-0.39, 0.29) is 11.9 Å². The second kappa shape index (κ2) is 5.09. The van der Waals surface area contributed by atoms with E-state index in [1.165, 1.54) is 0 Å². The van der Waals surface area contributed by atoms with Gasteiger partial charge < -0.3 is 11.9 Å². The molecule has 0 fully saturated rings. The molecule has 2 rings (SSSR count). The Hall–Kier alpha value is -2.13. The number of nitrogens with two attached hydrogens (primary N) is 1. The summed E-state index contributed by atoms with van der Waals surface area (Å²) >= 11 is 0. The van der Waals surface area contributed by atoms with E-state index in [1.807, 2.05) is 18.2 Å². The molecule has 82 valence electrons. The summed E-state index contributed by atoms with van der Waals surface area (Å²) < 4.78 is 0. The molecule has 0 aliphatic carbocycles. The van der Waals surface area contributed by atoms with Gasteiger partial charge in [0.25, 0.3) is 0 Å². The predicted molar refractivity (Wildman–Crippen MR) is 65.8 cm³/mol. The van der Waals surface area contributed by atoms with Crippen LogP contribution >= 0.6 is 0 Å². The van der Waals surface area contributed by atoms with Crippen molar-refractivity contribution in [3.63, 3.8) is 0 Å². The Morgan fingerprint density at radius 1 is 0.812 bits per heavy atom. The Morgan fingerprint density at radius 3 is 1.88 bits per heavy atom. The zero-order chi connectivity index (χ0) is 10.7. The van der Waals surface area contributed by atoms with Gasteiger partial charge in [0.1, 0.15) is 0 Å². The lowest BCUT2D eigenvalue weighted by atomic mass is 10.0. The smallest absolute Gasteiger partial charge is 0.193 e. The first-order valence-electron chi connectivity index (χ1n) is 4.72. The zero-order valence-corrected chi connectivity index (χ0v) is 8.89. The van der Waals surface area contributed by atoms with E-state index in [0.717, 1.165) is 0 Å². The first-order chi connectivity index (χ1) is 7.27. The molecule has 0 bridgehead atoms. The van der Waals surface area contributed by atoms with Gasteiger partial charge in [0.15, 0.2) is 5.78 Å². The van der Waals surface area contributed by atoms with Crippen LogP contribution in [-0.4, -0.2) is 5.78 Å². The summed E-state index contributed by atoms with van der Waals surface area (Å²) in [6.45, 7) is 0. The third-order valence-electron chi connectivity index (χ3n) is 2.21. The number of hydrogen-bond acceptors (Lipinski definition) is 3. The van der Waals surface area contributed by atoms with Crippen LogP contribution in [0.4, 0.5) is 5.69 Å². The van der Waals surface area contributed by atoms with Crippen LogP contribution in [0.5, 0.6) is 0 Å². The highest BCUT2D eigenvalue weighted by molar-refractivity contribution is 6.09. The van der Waals surface area contributed by atoms with Gasteiger partial charge in [-0.25, -0.2) is 0 Å². The van der Waals surface area contributed by atoms with Crippen molar-refractivity contribution in [1.29, 1.82) is 0 Å². The summed E-state index contributed by atoms with van der Waals surface area (Å²) in [6, 6.07) is 16.1. The number of ketones is 1. The monoisotopic (exact) mass is 214 g/mol. The zero-order valence-electron chi connectivity index (χ0n) is 8.89. The van der Waals surface area contributed by atoms with E-state index in [9.17, 15) is 4.79 Å². The van der Waals surface area contributed by atoms with Crippen LogP contribution < -0.4 is 11.9 Å². The van der Waals surface area contributed by atoms with Crippen LogP contribution in [0.2, 0.25) is 0 Å². The SMILES string of the molecule is N.Nc1ccc(C(=O)c2ccccc2)cc1. The predicted octanol–water partition coefficient (Wildman–Crippen LogP) is 2.66. The van der Waals surface area contributed by atoms with Crippen LogP contribution in [0.3, 0.4) is 0 Å². The highest BCUT2D eigenvalue weighted by atomic mass is 16.1. The molecule has 0 aromatic heterocycles. The summed E-state index contributed by atoms with van der Waals surface area (Å²) in [5, 5.41) is 0. The fraction of sp³-hybridized carbons (Fsp3) is 0. The van der Waals surface area contributed by atoms with Gasteiger partial charge in [-0.3, -0.25) is 4.79 Å². The minimum atomic E-state index is 0. The second-order valence-corrected chi connectivity index (χ2v) is 3.32. The minimum Gasteiger partial charge on any atom is -0.399 e. The lowest BCUT2D eigenvalue weighted by molar-refractivity contribution is 0.103. The van der Waals surface area contributed by atoms with E-state index in [4.69, 9.17) is 5.73 Å². The van der Waals surface area contributed by atoms with Crippen LogP contribution in [-0.2, 0) is 0 Å². The Labute approximate surface area is 94.5 Å². The van der Waals surface area contributed by atoms with E-state index in [0.29, 0.717) is 16.8 Å². The molecule has 0 amide bonds. The molecule has 3 nitrogen and oxygen atoms in total. The van der Waals surface area contributed by atoms with Crippen LogP contribution in [0.15, 0.2) is 54.6 Å². The normalized spacial score (nSPS) is 9.25. The number of hydrogen-bond donors (Lipinski definition) is 2. The van der Waals surface area contributed by atoms with Crippen molar-refractivity contribution in [2.24, 2.45) is 0 Å². The van der Waals surface area contributed by atoms with Crippen molar-refractivity contribution >= 4 is 11.5 Å². The third kappa shape index (κ3) is 2.46. The fourth-order valence-corrected chi connectivity index (χ4v) is 1.39. The summed E-state index contributed by atoms with van der Waals surface area (Å²) in [6.07, 6.45) is 0. The summed E-state index contributed by atoms with van der Waals surface area (Å²) in [4.78, 5) is 11.9. The average Bonchev–Trinajstić information content (AvgIpc) is 2.30. The summed E-state index contributed by atoms with van der Waals surface area (Å²) in [5.41, 5.74) is 7.58. The fourth-order valence-electron chi connectivity index (χ4n) is 1.39. The summed E-state index contributed by atoms with van der Waals surface area (Å²) in [5.74, 6) is 0.0237. The molecule has 2 aromatic rings. The molecular formula is C13H14N2O. The van der Waals surface area contributed by atoms with Crippen LogP contribution in [0.1, 0.15) is 15.9 Å². The molecule has 5 N–H and O–H groups in total. The molecular weight excluding hydrogens is 200 g/mol. The van der Waals surface area contributed by atoms with Gasteiger partial charge >= 0.3 is 0 Å². The highest BCUT2D eigenvalue weighted by Gasteiger charge is 2.06. The molecule has 0 aliphatic heterocycles. The van der Waals surface area contributed by atoms with Gasteiger partial charge in [0, 0.05) is 16.8 Å². The van der Waals surface area contributed by atoms with Crippen molar-refractivity contribution in [1.82, 2.24) is 6.15 Å². The molecule has 0 saturated carbocycles.